The zero-order valence-corrected chi connectivity index (χ0v) is 9.88. The third kappa shape index (κ3) is 3.96. The molecule has 0 aliphatic rings. The van der Waals surface area contributed by atoms with Crippen LogP contribution in [0.3, 0.4) is 0 Å². The second-order valence-electron chi connectivity index (χ2n) is 3.55. The maximum atomic E-state index is 10.9. The van der Waals surface area contributed by atoms with E-state index in [1.54, 1.807) is 0 Å². The molecule has 0 radical (unpaired) electrons. The first-order valence-electron chi connectivity index (χ1n) is 5.09. The van der Waals surface area contributed by atoms with Crippen LogP contribution in [-0.2, 0) is 4.79 Å². The van der Waals surface area contributed by atoms with Crippen molar-refractivity contribution < 1.29 is 9.90 Å². The Hall–Kier alpha value is -0.960. The first-order valence-corrected chi connectivity index (χ1v) is 5.97. The summed E-state index contributed by atoms with van der Waals surface area (Å²) in [6.45, 7) is 4.03. The van der Waals surface area contributed by atoms with Crippen molar-refractivity contribution in [2.45, 2.75) is 36.8 Å². The summed E-state index contributed by atoms with van der Waals surface area (Å²) < 4.78 is 0. The van der Waals surface area contributed by atoms with Gasteiger partial charge >= 0.3 is 5.97 Å². The van der Waals surface area contributed by atoms with Gasteiger partial charge in [0.25, 0.3) is 0 Å². The summed E-state index contributed by atoms with van der Waals surface area (Å²) in [6.07, 6.45) is 1.61. The third-order valence-electron chi connectivity index (χ3n) is 2.13. The highest BCUT2D eigenvalue weighted by Crippen LogP contribution is 2.26. The van der Waals surface area contributed by atoms with Gasteiger partial charge in [-0.1, -0.05) is 31.0 Å². The molecule has 1 aromatic rings. The van der Waals surface area contributed by atoms with E-state index in [0.29, 0.717) is 6.42 Å². The molecule has 15 heavy (non-hydrogen) atoms. The molecule has 0 fully saturated rings. The Labute approximate surface area is 94.7 Å². The maximum absolute atomic E-state index is 10.9. The summed E-state index contributed by atoms with van der Waals surface area (Å²) in [5, 5.41) is 8.68. The highest BCUT2D eigenvalue weighted by molar-refractivity contribution is 8.00. The van der Waals surface area contributed by atoms with Crippen molar-refractivity contribution in [3.05, 3.63) is 29.8 Å². The lowest BCUT2D eigenvalue weighted by Gasteiger charge is -2.10. The number of carboxylic acid groups (broad SMARTS) is 1. The van der Waals surface area contributed by atoms with E-state index in [2.05, 4.69) is 0 Å². The minimum Gasteiger partial charge on any atom is -0.480 e. The van der Waals surface area contributed by atoms with Crippen molar-refractivity contribution in [3.8, 4) is 0 Å². The van der Waals surface area contributed by atoms with Gasteiger partial charge in [-0.05, 0) is 25.5 Å². The first-order chi connectivity index (χ1) is 7.13. The van der Waals surface area contributed by atoms with Gasteiger partial charge in [-0.15, -0.1) is 11.8 Å². The highest BCUT2D eigenvalue weighted by atomic mass is 32.2. The van der Waals surface area contributed by atoms with E-state index in [9.17, 15) is 4.79 Å². The van der Waals surface area contributed by atoms with Crippen LogP contribution in [0.2, 0.25) is 0 Å². The third-order valence-corrected chi connectivity index (χ3v) is 3.39. The number of aliphatic carboxylic acids is 1. The van der Waals surface area contributed by atoms with Gasteiger partial charge in [0.15, 0.2) is 0 Å². The molecule has 0 spiro atoms. The predicted molar refractivity (Wildman–Crippen MR) is 63.4 cm³/mol. The Morgan fingerprint density at radius 2 is 2.00 bits per heavy atom. The quantitative estimate of drug-likeness (QED) is 0.779. The van der Waals surface area contributed by atoms with Crippen LogP contribution in [0.5, 0.6) is 0 Å². The summed E-state index contributed by atoms with van der Waals surface area (Å²) in [6, 6.07) is 7.97. The van der Waals surface area contributed by atoms with E-state index in [1.807, 2.05) is 38.1 Å². The number of hydrogen-bond donors (Lipinski definition) is 1. The number of carbonyl (C=O) groups is 1. The molecule has 0 heterocycles. The minimum atomic E-state index is -0.720. The van der Waals surface area contributed by atoms with Crippen molar-refractivity contribution in [2.24, 2.45) is 0 Å². The molecule has 0 aliphatic heterocycles. The summed E-state index contributed by atoms with van der Waals surface area (Å²) in [5.41, 5.74) is 1.20. The van der Waals surface area contributed by atoms with Crippen molar-refractivity contribution in [3.63, 3.8) is 0 Å². The second-order valence-corrected chi connectivity index (χ2v) is 4.82. The Morgan fingerprint density at radius 1 is 1.40 bits per heavy atom. The predicted octanol–water partition coefficient (Wildman–Crippen LogP) is 3.34. The zero-order chi connectivity index (χ0) is 11.3. The van der Waals surface area contributed by atoms with Crippen molar-refractivity contribution >= 4 is 17.7 Å². The molecular formula is C12H16O2S. The Bertz CT molecular complexity index is 319. The molecular weight excluding hydrogens is 208 g/mol. The van der Waals surface area contributed by atoms with E-state index in [4.69, 9.17) is 5.11 Å². The van der Waals surface area contributed by atoms with Crippen LogP contribution in [0.15, 0.2) is 29.2 Å². The molecule has 82 valence electrons. The van der Waals surface area contributed by atoms with Gasteiger partial charge in [0.1, 0.15) is 5.25 Å². The van der Waals surface area contributed by atoms with Crippen LogP contribution in [0.4, 0.5) is 0 Å². The first kappa shape index (κ1) is 12.1. The minimum absolute atomic E-state index is 0.322. The molecule has 1 unspecified atom stereocenters. The Balaban J connectivity index is 2.65. The van der Waals surface area contributed by atoms with Crippen molar-refractivity contribution in [1.29, 1.82) is 0 Å². The van der Waals surface area contributed by atoms with Gasteiger partial charge in [0.2, 0.25) is 0 Å². The molecule has 0 aromatic heterocycles. The molecule has 1 atom stereocenters. The van der Waals surface area contributed by atoms with Crippen molar-refractivity contribution in [1.82, 2.24) is 0 Å². The lowest BCUT2D eigenvalue weighted by molar-refractivity contribution is -0.136. The highest BCUT2D eigenvalue weighted by Gasteiger charge is 2.17. The van der Waals surface area contributed by atoms with Gasteiger partial charge in [0.05, 0.1) is 0 Å². The van der Waals surface area contributed by atoms with Crippen LogP contribution in [0.1, 0.15) is 25.3 Å². The zero-order valence-electron chi connectivity index (χ0n) is 9.06. The molecule has 0 bridgehead atoms. The average molecular weight is 224 g/mol. The summed E-state index contributed by atoms with van der Waals surface area (Å²) in [4.78, 5) is 12.0. The Kier molecular flexibility index (Phi) is 4.69. The van der Waals surface area contributed by atoms with Gasteiger partial charge in [-0.3, -0.25) is 4.79 Å². The number of hydrogen-bond acceptors (Lipinski definition) is 2. The van der Waals surface area contributed by atoms with Gasteiger partial charge in [-0.25, -0.2) is 0 Å². The summed E-state index contributed by atoms with van der Waals surface area (Å²) >= 11 is 1.43. The lowest BCUT2D eigenvalue weighted by Crippen LogP contribution is -2.15. The van der Waals surface area contributed by atoms with Crippen LogP contribution in [-0.4, -0.2) is 16.3 Å². The average Bonchev–Trinajstić information content (AvgIpc) is 2.20. The molecule has 0 aliphatic carbocycles. The number of rotatable bonds is 5. The van der Waals surface area contributed by atoms with Gasteiger partial charge in [-0.2, -0.15) is 0 Å². The molecule has 1 N–H and O–H groups in total. The van der Waals surface area contributed by atoms with Gasteiger partial charge in [0, 0.05) is 4.90 Å². The van der Waals surface area contributed by atoms with E-state index >= 15 is 0 Å². The lowest BCUT2D eigenvalue weighted by atomic mass is 10.2. The molecule has 1 rings (SSSR count). The second kappa shape index (κ2) is 5.81. The van der Waals surface area contributed by atoms with Crippen molar-refractivity contribution in [2.75, 3.05) is 0 Å². The molecule has 0 saturated heterocycles. The van der Waals surface area contributed by atoms with E-state index < -0.39 is 5.97 Å². The fourth-order valence-electron chi connectivity index (χ4n) is 1.28. The molecule has 3 heteroatoms. The Morgan fingerprint density at radius 3 is 2.47 bits per heavy atom. The van der Waals surface area contributed by atoms with Crippen LogP contribution in [0, 0.1) is 6.92 Å². The topological polar surface area (TPSA) is 37.3 Å². The number of thioether (sulfide) groups is 1. The SMILES string of the molecule is CCCC(Sc1ccc(C)cc1)C(=O)O. The number of carboxylic acids is 1. The fourth-order valence-corrected chi connectivity index (χ4v) is 2.35. The monoisotopic (exact) mass is 224 g/mol. The molecule has 2 nitrogen and oxygen atoms in total. The standard InChI is InChI=1S/C12H16O2S/c1-3-4-11(12(13)14)15-10-7-5-9(2)6-8-10/h5-8,11H,3-4H2,1-2H3,(H,13,14). The fraction of sp³-hybridized carbons (Fsp3) is 0.417. The van der Waals surface area contributed by atoms with Crippen LogP contribution in [0.25, 0.3) is 0 Å². The van der Waals surface area contributed by atoms with Crippen LogP contribution < -0.4 is 0 Å². The van der Waals surface area contributed by atoms with Gasteiger partial charge < -0.3 is 5.11 Å². The number of aryl methyl sites for hydroxylation is 1. The largest absolute Gasteiger partial charge is 0.480 e. The molecule has 0 amide bonds. The van der Waals surface area contributed by atoms with E-state index in [-0.39, 0.29) is 5.25 Å². The number of benzene rings is 1. The smallest absolute Gasteiger partial charge is 0.316 e. The summed E-state index contributed by atoms with van der Waals surface area (Å²) in [7, 11) is 0. The molecule has 0 saturated carbocycles. The summed E-state index contributed by atoms with van der Waals surface area (Å²) in [5.74, 6) is -0.720. The van der Waals surface area contributed by atoms with E-state index in [0.717, 1.165) is 11.3 Å². The maximum Gasteiger partial charge on any atom is 0.316 e. The molecule has 1 aromatic carbocycles. The van der Waals surface area contributed by atoms with Crippen LogP contribution >= 0.6 is 11.8 Å². The van der Waals surface area contributed by atoms with E-state index in [1.165, 1.54) is 17.3 Å². The normalized spacial score (nSPS) is 12.4.